The van der Waals surface area contributed by atoms with Crippen LogP contribution in [0.15, 0.2) is 42.7 Å². The second kappa shape index (κ2) is 10.2. The Bertz CT molecular complexity index is 764. The van der Waals surface area contributed by atoms with Crippen LogP contribution in [0, 0.1) is 0 Å². The van der Waals surface area contributed by atoms with E-state index < -0.39 is 0 Å². The fourth-order valence-electron chi connectivity index (χ4n) is 4.00. The number of rotatable bonds is 9. The van der Waals surface area contributed by atoms with Crippen LogP contribution in [0.2, 0.25) is 0 Å². The molecule has 1 aromatic heterocycles. The lowest BCUT2D eigenvalue weighted by Gasteiger charge is -2.32. The maximum atomic E-state index is 11.5. The first-order valence-corrected chi connectivity index (χ1v) is 10.3. The molecule has 1 saturated heterocycles. The van der Waals surface area contributed by atoms with E-state index in [-0.39, 0.29) is 5.78 Å². The van der Waals surface area contributed by atoms with Crippen LogP contribution in [-0.4, -0.2) is 37.6 Å². The highest BCUT2D eigenvalue weighted by Gasteiger charge is 2.27. The quantitative estimate of drug-likeness (QED) is 0.533. The summed E-state index contributed by atoms with van der Waals surface area (Å²) in [6, 6.07) is 10.2. The number of benzene rings is 1. The predicted octanol–water partition coefficient (Wildman–Crippen LogP) is 3.26. The van der Waals surface area contributed by atoms with Crippen molar-refractivity contribution in [3.8, 4) is 11.5 Å². The Hall–Kier alpha value is -2.40. The highest BCUT2D eigenvalue weighted by atomic mass is 16.5. The van der Waals surface area contributed by atoms with Crippen LogP contribution in [0.5, 0.6) is 11.5 Å². The van der Waals surface area contributed by atoms with E-state index in [1.807, 2.05) is 24.5 Å². The Balaban J connectivity index is 1.47. The van der Waals surface area contributed by atoms with Gasteiger partial charge >= 0.3 is 0 Å². The highest BCUT2D eigenvalue weighted by Crippen LogP contribution is 2.28. The molecule has 1 aromatic carbocycles. The third-order valence-corrected chi connectivity index (χ3v) is 5.54. The van der Waals surface area contributed by atoms with Crippen LogP contribution in [0.1, 0.15) is 61.0 Å². The molecule has 0 radical (unpaired) electrons. The number of hydrogen-bond acceptors (Lipinski definition) is 4. The van der Waals surface area contributed by atoms with Crippen LogP contribution in [0.4, 0.5) is 0 Å². The molecule has 5 heteroatoms. The highest BCUT2D eigenvalue weighted by molar-refractivity contribution is 5.94. The SMILES string of the molecule is COc1cc(C(C)=O)ccc1OCCCC[NH+]1CCCC[C@H]1c1cccnc1. The molecule has 1 N–H and O–H groups in total. The van der Waals surface area contributed by atoms with Gasteiger partial charge in [0.2, 0.25) is 0 Å². The van der Waals surface area contributed by atoms with Crippen LogP contribution < -0.4 is 14.4 Å². The smallest absolute Gasteiger partial charge is 0.161 e. The minimum absolute atomic E-state index is 0.0255. The number of unbranched alkanes of at least 4 members (excludes halogenated alkanes) is 1. The summed E-state index contributed by atoms with van der Waals surface area (Å²) in [7, 11) is 1.60. The molecule has 0 saturated carbocycles. The van der Waals surface area contributed by atoms with Crippen molar-refractivity contribution in [2.45, 2.75) is 45.1 Å². The number of carbonyl (C=O) groups is 1. The average molecular weight is 384 g/mol. The van der Waals surface area contributed by atoms with E-state index in [1.165, 1.54) is 31.4 Å². The van der Waals surface area contributed by atoms with Gasteiger partial charge in [-0.15, -0.1) is 0 Å². The van der Waals surface area contributed by atoms with Crippen molar-refractivity contribution in [1.29, 1.82) is 0 Å². The minimum Gasteiger partial charge on any atom is -0.493 e. The molecule has 150 valence electrons. The molecule has 1 fully saturated rings. The van der Waals surface area contributed by atoms with Crippen molar-refractivity contribution in [2.75, 3.05) is 26.8 Å². The lowest BCUT2D eigenvalue weighted by atomic mass is 9.96. The summed E-state index contributed by atoms with van der Waals surface area (Å²) in [6.45, 7) is 4.60. The number of ether oxygens (including phenoxy) is 2. The number of quaternary nitrogens is 1. The van der Waals surface area contributed by atoms with Gasteiger partial charge in [-0.2, -0.15) is 0 Å². The summed E-state index contributed by atoms with van der Waals surface area (Å²) in [5.41, 5.74) is 2.00. The third-order valence-electron chi connectivity index (χ3n) is 5.54. The predicted molar refractivity (Wildman–Crippen MR) is 109 cm³/mol. The van der Waals surface area contributed by atoms with Crippen LogP contribution in [-0.2, 0) is 0 Å². The Labute approximate surface area is 167 Å². The van der Waals surface area contributed by atoms with Crippen molar-refractivity contribution < 1.29 is 19.2 Å². The number of ketones is 1. The average Bonchev–Trinajstić information content (AvgIpc) is 2.74. The Morgan fingerprint density at radius 3 is 2.86 bits per heavy atom. The van der Waals surface area contributed by atoms with Gasteiger partial charge in [-0.3, -0.25) is 9.78 Å². The summed E-state index contributed by atoms with van der Waals surface area (Å²) in [5.74, 6) is 1.34. The van der Waals surface area contributed by atoms with Crippen molar-refractivity contribution in [3.05, 3.63) is 53.9 Å². The molecular weight excluding hydrogens is 352 g/mol. The van der Waals surface area contributed by atoms with Crippen LogP contribution in [0.3, 0.4) is 0 Å². The largest absolute Gasteiger partial charge is 0.493 e. The summed E-state index contributed by atoms with van der Waals surface area (Å²) < 4.78 is 11.3. The third kappa shape index (κ3) is 5.32. The lowest BCUT2D eigenvalue weighted by Crippen LogP contribution is -3.13. The van der Waals surface area contributed by atoms with Crippen LogP contribution >= 0.6 is 0 Å². The summed E-state index contributed by atoms with van der Waals surface area (Å²) in [6.07, 6.45) is 9.86. The first kappa shape index (κ1) is 20.3. The zero-order valence-corrected chi connectivity index (χ0v) is 16.9. The van der Waals surface area contributed by atoms with Gasteiger partial charge in [-0.05, 0) is 56.9 Å². The Morgan fingerprint density at radius 1 is 1.21 bits per heavy atom. The number of methoxy groups -OCH3 is 1. The molecule has 28 heavy (non-hydrogen) atoms. The monoisotopic (exact) mass is 383 g/mol. The minimum atomic E-state index is 0.0255. The summed E-state index contributed by atoms with van der Waals surface area (Å²) >= 11 is 0. The fraction of sp³-hybridized carbons (Fsp3) is 0.478. The maximum absolute atomic E-state index is 11.5. The molecular formula is C23H31N2O3+. The molecule has 0 spiro atoms. The molecule has 0 bridgehead atoms. The van der Waals surface area contributed by atoms with Gasteiger partial charge in [0, 0.05) is 29.9 Å². The molecule has 2 atom stereocenters. The van der Waals surface area contributed by atoms with E-state index in [0.29, 0.717) is 29.7 Å². The lowest BCUT2D eigenvalue weighted by molar-refractivity contribution is -0.937. The van der Waals surface area contributed by atoms with Gasteiger partial charge in [0.25, 0.3) is 0 Å². The van der Waals surface area contributed by atoms with E-state index in [4.69, 9.17) is 9.47 Å². The topological polar surface area (TPSA) is 52.9 Å². The number of nitrogens with one attached hydrogen (secondary N) is 1. The van der Waals surface area contributed by atoms with Crippen LogP contribution in [0.25, 0.3) is 0 Å². The number of pyridine rings is 1. The van der Waals surface area contributed by atoms with E-state index in [0.717, 1.165) is 19.4 Å². The number of likely N-dealkylation sites (tertiary alicyclic amines) is 1. The van der Waals surface area contributed by atoms with E-state index in [1.54, 1.807) is 31.1 Å². The van der Waals surface area contributed by atoms with E-state index in [2.05, 4.69) is 11.1 Å². The van der Waals surface area contributed by atoms with Crippen molar-refractivity contribution in [1.82, 2.24) is 4.98 Å². The molecule has 0 amide bonds. The number of carbonyl (C=O) groups excluding carboxylic acids is 1. The van der Waals surface area contributed by atoms with Crippen molar-refractivity contribution in [2.24, 2.45) is 0 Å². The summed E-state index contributed by atoms with van der Waals surface area (Å²) in [4.78, 5) is 17.5. The zero-order chi connectivity index (χ0) is 19.8. The van der Waals surface area contributed by atoms with Crippen molar-refractivity contribution in [3.63, 3.8) is 0 Å². The first-order valence-electron chi connectivity index (χ1n) is 10.3. The Morgan fingerprint density at radius 2 is 2.11 bits per heavy atom. The van der Waals surface area contributed by atoms with Gasteiger partial charge in [-0.1, -0.05) is 6.07 Å². The molecule has 3 rings (SSSR count). The number of piperidine rings is 1. The van der Waals surface area contributed by atoms with Crippen molar-refractivity contribution >= 4 is 5.78 Å². The first-order chi connectivity index (χ1) is 13.7. The molecule has 1 aliphatic rings. The fourth-order valence-corrected chi connectivity index (χ4v) is 4.00. The van der Waals surface area contributed by atoms with E-state index >= 15 is 0 Å². The molecule has 1 unspecified atom stereocenters. The van der Waals surface area contributed by atoms with E-state index in [9.17, 15) is 4.79 Å². The molecule has 5 nitrogen and oxygen atoms in total. The number of Topliss-reactive ketones (excluding diaryl/α,β-unsaturated/α-hetero) is 1. The molecule has 2 heterocycles. The maximum Gasteiger partial charge on any atom is 0.161 e. The second-order valence-electron chi connectivity index (χ2n) is 7.47. The normalized spacial score (nSPS) is 19.2. The zero-order valence-electron chi connectivity index (χ0n) is 16.9. The molecule has 2 aromatic rings. The van der Waals surface area contributed by atoms with Gasteiger partial charge in [0.15, 0.2) is 17.3 Å². The van der Waals surface area contributed by atoms with Gasteiger partial charge in [0.1, 0.15) is 6.04 Å². The summed E-state index contributed by atoms with van der Waals surface area (Å²) in [5, 5.41) is 0. The molecule has 0 aliphatic carbocycles. The number of aromatic nitrogens is 1. The number of hydrogen-bond donors (Lipinski definition) is 1. The Kier molecular flexibility index (Phi) is 7.43. The standard InChI is InChI=1S/C23H30N2O3/c1-18(26)19-10-11-22(23(16-19)27-2)28-15-6-5-14-25-13-4-3-9-21(25)20-8-7-12-24-17-20/h7-8,10-12,16-17,21H,3-6,9,13-15H2,1-2H3/p+1/t21-/m0/s1. The van der Waals surface area contributed by atoms with Gasteiger partial charge < -0.3 is 14.4 Å². The van der Waals surface area contributed by atoms with Gasteiger partial charge in [-0.25, -0.2) is 0 Å². The number of nitrogens with zero attached hydrogens (tertiary/aromatic N) is 1. The molecule has 1 aliphatic heterocycles. The van der Waals surface area contributed by atoms with Gasteiger partial charge in [0.05, 0.1) is 26.8 Å². The second-order valence-corrected chi connectivity index (χ2v) is 7.47.